The molecule has 1 amide bonds. The van der Waals surface area contributed by atoms with Crippen LogP contribution in [0.3, 0.4) is 0 Å². The van der Waals surface area contributed by atoms with E-state index in [1.54, 1.807) is 15.9 Å². The van der Waals surface area contributed by atoms with Crippen molar-refractivity contribution < 1.29 is 4.79 Å². The molecule has 0 saturated carbocycles. The molecule has 0 atom stereocenters. The highest BCUT2D eigenvalue weighted by molar-refractivity contribution is 7.18. The molecule has 6 heteroatoms. The van der Waals surface area contributed by atoms with Crippen LogP contribution in [0, 0.1) is 0 Å². The van der Waals surface area contributed by atoms with Crippen molar-refractivity contribution in [2.75, 3.05) is 0 Å². The lowest BCUT2D eigenvalue weighted by Crippen LogP contribution is -2.27. The SMILES string of the molecule is CCCc1nc2sc(CC)cc2c(=O)n1CCC(N)=O. The number of aryl methyl sites for hydroxylation is 2. The second-order valence-electron chi connectivity index (χ2n) is 4.74. The number of fused-ring (bicyclic) bond motifs is 1. The summed E-state index contributed by atoms with van der Waals surface area (Å²) in [6.07, 6.45) is 2.68. The van der Waals surface area contributed by atoms with Gasteiger partial charge < -0.3 is 5.73 Å². The maximum absolute atomic E-state index is 12.5. The van der Waals surface area contributed by atoms with Crippen molar-refractivity contribution in [2.24, 2.45) is 5.73 Å². The molecular formula is C14H19N3O2S. The fourth-order valence-electron chi connectivity index (χ4n) is 2.15. The van der Waals surface area contributed by atoms with Gasteiger partial charge in [-0.2, -0.15) is 0 Å². The van der Waals surface area contributed by atoms with E-state index in [0.29, 0.717) is 11.9 Å². The highest BCUT2D eigenvalue weighted by Gasteiger charge is 2.13. The van der Waals surface area contributed by atoms with Crippen LogP contribution in [0.1, 0.15) is 37.4 Å². The molecule has 2 rings (SSSR count). The number of nitrogens with two attached hydrogens (primary N) is 1. The predicted molar refractivity (Wildman–Crippen MR) is 81.1 cm³/mol. The molecule has 20 heavy (non-hydrogen) atoms. The highest BCUT2D eigenvalue weighted by atomic mass is 32.1. The average molecular weight is 293 g/mol. The van der Waals surface area contributed by atoms with Gasteiger partial charge in [0.1, 0.15) is 10.7 Å². The summed E-state index contributed by atoms with van der Waals surface area (Å²) in [6.45, 7) is 4.41. The molecule has 0 radical (unpaired) electrons. The molecule has 5 nitrogen and oxygen atoms in total. The third-order valence-corrected chi connectivity index (χ3v) is 4.36. The Hall–Kier alpha value is -1.69. The fourth-order valence-corrected chi connectivity index (χ4v) is 3.13. The molecule has 0 bridgehead atoms. The monoisotopic (exact) mass is 293 g/mol. The molecule has 2 aromatic heterocycles. The molecule has 0 fully saturated rings. The van der Waals surface area contributed by atoms with E-state index >= 15 is 0 Å². The summed E-state index contributed by atoms with van der Waals surface area (Å²) in [5.41, 5.74) is 5.12. The number of hydrogen-bond acceptors (Lipinski definition) is 4. The molecule has 108 valence electrons. The lowest BCUT2D eigenvalue weighted by molar-refractivity contribution is -0.118. The largest absolute Gasteiger partial charge is 0.370 e. The summed E-state index contributed by atoms with van der Waals surface area (Å²) in [4.78, 5) is 30.1. The van der Waals surface area contributed by atoms with Gasteiger partial charge in [0.05, 0.1) is 5.39 Å². The number of amides is 1. The third kappa shape index (κ3) is 2.90. The summed E-state index contributed by atoms with van der Waals surface area (Å²) in [6, 6.07) is 1.91. The van der Waals surface area contributed by atoms with Crippen molar-refractivity contribution in [3.05, 3.63) is 27.1 Å². The summed E-state index contributed by atoms with van der Waals surface area (Å²) in [7, 11) is 0. The van der Waals surface area contributed by atoms with Crippen LogP contribution in [0.2, 0.25) is 0 Å². The van der Waals surface area contributed by atoms with E-state index in [1.807, 2.05) is 13.0 Å². The Balaban J connectivity index is 2.56. The first kappa shape index (κ1) is 14.7. The molecule has 0 aliphatic carbocycles. The molecule has 0 aliphatic rings. The van der Waals surface area contributed by atoms with Gasteiger partial charge in [0.15, 0.2) is 0 Å². The minimum absolute atomic E-state index is 0.0596. The summed E-state index contributed by atoms with van der Waals surface area (Å²) < 4.78 is 1.60. The number of carbonyl (C=O) groups is 1. The summed E-state index contributed by atoms with van der Waals surface area (Å²) in [5.74, 6) is 0.342. The Morgan fingerprint density at radius 3 is 2.80 bits per heavy atom. The predicted octanol–water partition coefficient (Wildman–Crippen LogP) is 1.85. The van der Waals surface area contributed by atoms with E-state index in [0.717, 1.165) is 34.8 Å². The van der Waals surface area contributed by atoms with Crippen molar-refractivity contribution in [1.82, 2.24) is 9.55 Å². The maximum Gasteiger partial charge on any atom is 0.262 e. The number of primary amides is 1. The van der Waals surface area contributed by atoms with Crippen LogP contribution in [0.15, 0.2) is 10.9 Å². The Morgan fingerprint density at radius 1 is 1.45 bits per heavy atom. The van der Waals surface area contributed by atoms with Gasteiger partial charge >= 0.3 is 0 Å². The van der Waals surface area contributed by atoms with Crippen LogP contribution in [0.4, 0.5) is 0 Å². The first-order chi connectivity index (χ1) is 9.56. The standard InChI is InChI=1S/C14H19N3O2S/c1-3-5-12-16-13-10(8-9(4-2)20-13)14(19)17(12)7-6-11(15)18/h8H,3-7H2,1-2H3,(H2,15,18). The molecule has 0 saturated heterocycles. The van der Waals surface area contributed by atoms with E-state index in [9.17, 15) is 9.59 Å². The first-order valence-corrected chi connectivity index (χ1v) is 7.68. The van der Waals surface area contributed by atoms with Crippen LogP contribution in [-0.4, -0.2) is 15.5 Å². The summed E-state index contributed by atoms with van der Waals surface area (Å²) >= 11 is 1.57. The third-order valence-electron chi connectivity index (χ3n) is 3.19. The van der Waals surface area contributed by atoms with Crippen LogP contribution in [-0.2, 0) is 24.2 Å². The van der Waals surface area contributed by atoms with Gasteiger partial charge in [-0.3, -0.25) is 14.2 Å². The average Bonchev–Trinajstić information content (AvgIpc) is 2.82. The zero-order valence-electron chi connectivity index (χ0n) is 11.8. The highest BCUT2D eigenvalue weighted by Crippen LogP contribution is 2.22. The zero-order chi connectivity index (χ0) is 14.7. The maximum atomic E-state index is 12.5. The number of nitrogens with zero attached hydrogens (tertiary/aromatic N) is 2. The van der Waals surface area contributed by atoms with E-state index in [2.05, 4.69) is 11.9 Å². The van der Waals surface area contributed by atoms with E-state index in [1.165, 1.54) is 0 Å². The van der Waals surface area contributed by atoms with Gasteiger partial charge in [-0.1, -0.05) is 13.8 Å². The number of thiophene rings is 1. The quantitative estimate of drug-likeness (QED) is 0.883. The van der Waals surface area contributed by atoms with Crippen molar-refractivity contribution in [1.29, 1.82) is 0 Å². The smallest absolute Gasteiger partial charge is 0.262 e. The number of carbonyl (C=O) groups excluding carboxylic acids is 1. The number of aromatic nitrogens is 2. The fraction of sp³-hybridized carbons (Fsp3) is 0.500. The Labute approximate surface area is 121 Å². The lowest BCUT2D eigenvalue weighted by Gasteiger charge is -2.10. The molecule has 2 N–H and O–H groups in total. The Morgan fingerprint density at radius 2 is 2.20 bits per heavy atom. The van der Waals surface area contributed by atoms with Gasteiger partial charge in [-0.05, 0) is 18.9 Å². The van der Waals surface area contributed by atoms with Crippen molar-refractivity contribution in [2.45, 2.75) is 46.1 Å². The molecule has 0 aliphatic heterocycles. The number of hydrogen-bond donors (Lipinski definition) is 1. The molecular weight excluding hydrogens is 274 g/mol. The first-order valence-electron chi connectivity index (χ1n) is 6.87. The van der Waals surface area contributed by atoms with Crippen molar-refractivity contribution in [3.63, 3.8) is 0 Å². The minimum Gasteiger partial charge on any atom is -0.370 e. The van der Waals surface area contributed by atoms with Gasteiger partial charge in [-0.25, -0.2) is 4.98 Å². The molecule has 0 unspecified atom stereocenters. The van der Waals surface area contributed by atoms with Gasteiger partial charge in [-0.15, -0.1) is 11.3 Å². The minimum atomic E-state index is -0.404. The topological polar surface area (TPSA) is 78.0 Å². The number of rotatable bonds is 6. The molecule has 0 aromatic carbocycles. The van der Waals surface area contributed by atoms with E-state index in [4.69, 9.17) is 5.73 Å². The van der Waals surface area contributed by atoms with Crippen molar-refractivity contribution in [3.8, 4) is 0 Å². The van der Waals surface area contributed by atoms with Gasteiger partial charge in [0.2, 0.25) is 5.91 Å². The Kier molecular flexibility index (Phi) is 4.54. The van der Waals surface area contributed by atoms with Crippen LogP contribution in [0.5, 0.6) is 0 Å². The van der Waals surface area contributed by atoms with E-state index in [-0.39, 0.29) is 12.0 Å². The second kappa shape index (κ2) is 6.17. The second-order valence-corrected chi connectivity index (χ2v) is 5.85. The van der Waals surface area contributed by atoms with Crippen LogP contribution < -0.4 is 11.3 Å². The van der Waals surface area contributed by atoms with Crippen LogP contribution >= 0.6 is 11.3 Å². The normalized spacial score (nSPS) is 11.1. The lowest BCUT2D eigenvalue weighted by atomic mass is 10.2. The van der Waals surface area contributed by atoms with Gasteiger partial charge in [0.25, 0.3) is 5.56 Å². The van der Waals surface area contributed by atoms with Crippen LogP contribution in [0.25, 0.3) is 10.2 Å². The van der Waals surface area contributed by atoms with E-state index < -0.39 is 5.91 Å². The van der Waals surface area contributed by atoms with Crippen molar-refractivity contribution >= 4 is 27.5 Å². The zero-order valence-corrected chi connectivity index (χ0v) is 12.6. The summed E-state index contributed by atoms with van der Waals surface area (Å²) in [5, 5.41) is 0.649. The Bertz CT molecular complexity index is 688. The molecule has 0 spiro atoms. The molecule has 2 aromatic rings. The molecule has 2 heterocycles. The van der Waals surface area contributed by atoms with Gasteiger partial charge in [0, 0.05) is 24.3 Å².